The van der Waals surface area contributed by atoms with Crippen molar-refractivity contribution in [2.75, 3.05) is 6.54 Å². The molecular formula is C16H18Cl2N+. The number of quaternary nitrogens is 1. The fourth-order valence-electron chi connectivity index (χ4n) is 2.13. The van der Waals surface area contributed by atoms with Crippen LogP contribution >= 0.6 is 23.2 Å². The predicted molar refractivity (Wildman–Crippen MR) is 81.8 cm³/mol. The fourth-order valence-corrected chi connectivity index (χ4v) is 2.61. The van der Waals surface area contributed by atoms with Crippen molar-refractivity contribution in [2.24, 2.45) is 0 Å². The first-order valence-corrected chi connectivity index (χ1v) is 7.26. The van der Waals surface area contributed by atoms with Crippen LogP contribution in [0.1, 0.15) is 18.1 Å². The Hall–Kier alpha value is -1.02. The normalized spacial score (nSPS) is 12.4. The lowest BCUT2D eigenvalue weighted by atomic mass is 10.1. The van der Waals surface area contributed by atoms with E-state index in [1.54, 1.807) is 0 Å². The average Bonchev–Trinajstić information content (AvgIpc) is 2.42. The van der Waals surface area contributed by atoms with Crippen LogP contribution in [0, 0.1) is 0 Å². The lowest BCUT2D eigenvalue weighted by Gasteiger charge is -2.18. The van der Waals surface area contributed by atoms with E-state index in [-0.39, 0.29) is 0 Å². The maximum Gasteiger partial charge on any atom is 0.105 e. The quantitative estimate of drug-likeness (QED) is 0.859. The molecule has 0 bridgehead atoms. The second-order valence-corrected chi connectivity index (χ2v) is 5.52. The molecule has 0 heterocycles. The highest BCUT2D eigenvalue weighted by Crippen LogP contribution is 2.20. The number of nitrogens with one attached hydrogen (secondary N) is 1. The van der Waals surface area contributed by atoms with E-state index in [0.717, 1.165) is 30.2 Å². The van der Waals surface area contributed by atoms with Gasteiger partial charge in [-0.3, -0.25) is 0 Å². The van der Waals surface area contributed by atoms with E-state index in [1.165, 1.54) is 10.5 Å². The molecule has 0 aliphatic heterocycles. The smallest absolute Gasteiger partial charge is 0.105 e. The third kappa shape index (κ3) is 4.24. The molecule has 0 radical (unpaired) electrons. The van der Waals surface area contributed by atoms with Crippen LogP contribution in [0.5, 0.6) is 0 Å². The first-order chi connectivity index (χ1) is 9.19. The van der Waals surface area contributed by atoms with Crippen LogP contribution in [0.25, 0.3) is 0 Å². The van der Waals surface area contributed by atoms with Crippen molar-refractivity contribution in [1.82, 2.24) is 0 Å². The minimum atomic E-state index is 0.690. The second kappa shape index (κ2) is 6.95. The van der Waals surface area contributed by atoms with E-state index in [0.29, 0.717) is 5.02 Å². The van der Waals surface area contributed by atoms with Gasteiger partial charge in [0.05, 0.1) is 11.6 Å². The van der Waals surface area contributed by atoms with Gasteiger partial charge in [0.15, 0.2) is 0 Å². The molecule has 2 aromatic carbocycles. The van der Waals surface area contributed by atoms with Gasteiger partial charge in [0.25, 0.3) is 0 Å². The molecule has 0 amide bonds. The lowest BCUT2D eigenvalue weighted by molar-refractivity contribution is -0.925. The van der Waals surface area contributed by atoms with Gasteiger partial charge in [0, 0.05) is 16.1 Å². The van der Waals surface area contributed by atoms with Gasteiger partial charge in [-0.25, -0.2) is 0 Å². The zero-order valence-electron chi connectivity index (χ0n) is 11.0. The van der Waals surface area contributed by atoms with Crippen molar-refractivity contribution in [2.45, 2.75) is 20.0 Å². The van der Waals surface area contributed by atoms with Crippen molar-refractivity contribution in [3.63, 3.8) is 0 Å². The fraction of sp³-hybridized carbons (Fsp3) is 0.250. The van der Waals surface area contributed by atoms with Gasteiger partial charge in [-0.15, -0.1) is 0 Å². The van der Waals surface area contributed by atoms with E-state index in [2.05, 4.69) is 31.2 Å². The molecule has 1 atom stereocenters. The molecule has 1 unspecified atom stereocenters. The number of benzene rings is 2. The maximum absolute atomic E-state index is 6.24. The van der Waals surface area contributed by atoms with Gasteiger partial charge < -0.3 is 4.90 Å². The Morgan fingerprint density at radius 3 is 2.32 bits per heavy atom. The Labute approximate surface area is 124 Å². The minimum Gasteiger partial charge on any atom is -0.328 e. The van der Waals surface area contributed by atoms with Crippen LogP contribution in [0.3, 0.4) is 0 Å². The molecule has 0 aliphatic carbocycles. The topological polar surface area (TPSA) is 4.44 Å². The Morgan fingerprint density at radius 2 is 1.68 bits per heavy atom. The molecule has 0 fully saturated rings. The molecule has 0 spiro atoms. The molecule has 1 nitrogen and oxygen atoms in total. The molecule has 100 valence electrons. The highest BCUT2D eigenvalue weighted by atomic mass is 35.5. The highest BCUT2D eigenvalue weighted by Gasteiger charge is 2.11. The summed E-state index contributed by atoms with van der Waals surface area (Å²) in [6.45, 7) is 5.19. The maximum atomic E-state index is 6.24. The summed E-state index contributed by atoms with van der Waals surface area (Å²) in [5.41, 5.74) is 2.50. The van der Waals surface area contributed by atoms with Crippen molar-refractivity contribution in [3.8, 4) is 0 Å². The zero-order valence-corrected chi connectivity index (χ0v) is 12.5. The van der Waals surface area contributed by atoms with Crippen LogP contribution in [-0.2, 0) is 13.1 Å². The van der Waals surface area contributed by atoms with Gasteiger partial charge in [-0.05, 0) is 19.1 Å². The van der Waals surface area contributed by atoms with Crippen molar-refractivity contribution >= 4 is 23.2 Å². The summed E-state index contributed by atoms with van der Waals surface area (Å²) in [6, 6.07) is 16.3. The molecule has 0 saturated carbocycles. The molecule has 19 heavy (non-hydrogen) atoms. The monoisotopic (exact) mass is 294 g/mol. The summed E-state index contributed by atoms with van der Waals surface area (Å²) >= 11 is 12.2. The number of hydrogen-bond donors (Lipinski definition) is 1. The summed E-state index contributed by atoms with van der Waals surface area (Å²) in [6.07, 6.45) is 0. The number of rotatable bonds is 5. The third-order valence-electron chi connectivity index (χ3n) is 3.25. The van der Waals surface area contributed by atoms with Crippen molar-refractivity contribution < 1.29 is 4.90 Å². The standard InChI is InChI=1S/C16H17Cl2N/c1-2-19(11-13-6-4-3-5-7-13)12-14-8-9-15(17)10-16(14)18/h3-10H,2,11-12H2,1H3/p+1. The highest BCUT2D eigenvalue weighted by molar-refractivity contribution is 6.35. The summed E-state index contributed by atoms with van der Waals surface area (Å²) < 4.78 is 0. The number of halogens is 2. The van der Waals surface area contributed by atoms with Crippen LogP contribution in [0.15, 0.2) is 48.5 Å². The van der Waals surface area contributed by atoms with Crippen LogP contribution < -0.4 is 4.90 Å². The Bertz CT molecular complexity index is 526. The van der Waals surface area contributed by atoms with E-state index in [4.69, 9.17) is 23.2 Å². The van der Waals surface area contributed by atoms with Gasteiger partial charge in [0.1, 0.15) is 13.1 Å². The molecule has 3 heteroatoms. The Morgan fingerprint density at radius 1 is 0.947 bits per heavy atom. The lowest BCUT2D eigenvalue weighted by Crippen LogP contribution is -3.09. The summed E-state index contributed by atoms with van der Waals surface area (Å²) in [7, 11) is 0. The van der Waals surface area contributed by atoms with Crippen LogP contribution in [-0.4, -0.2) is 6.54 Å². The Kier molecular flexibility index (Phi) is 5.26. The largest absolute Gasteiger partial charge is 0.328 e. The molecule has 0 aromatic heterocycles. The van der Waals surface area contributed by atoms with Gasteiger partial charge in [0.2, 0.25) is 0 Å². The molecule has 1 N–H and O–H groups in total. The second-order valence-electron chi connectivity index (χ2n) is 4.68. The Balaban J connectivity index is 2.06. The third-order valence-corrected chi connectivity index (χ3v) is 3.84. The van der Waals surface area contributed by atoms with Gasteiger partial charge in [-0.1, -0.05) is 59.6 Å². The van der Waals surface area contributed by atoms with Crippen LogP contribution in [0.4, 0.5) is 0 Å². The van der Waals surface area contributed by atoms with Crippen molar-refractivity contribution in [1.29, 1.82) is 0 Å². The molecule has 2 aromatic rings. The first-order valence-electron chi connectivity index (χ1n) is 6.50. The summed E-state index contributed by atoms with van der Waals surface area (Å²) in [5, 5.41) is 1.45. The van der Waals surface area contributed by atoms with Gasteiger partial charge >= 0.3 is 0 Å². The molecular weight excluding hydrogens is 277 g/mol. The summed E-state index contributed by atoms with van der Waals surface area (Å²) in [5.74, 6) is 0. The predicted octanol–water partition coefficient (Wildman–Crippen LogP) is 3.60. The van der Waals surface area contributed by atoms with Gasteiger partial charge in [-0.2, -0.15) is 0 Å². The molecule has 0 saturated heterocycles. The van der Waals surface area contributed by atoms with E-state index >= 15 is 0 Å². The van der Waals surface area contributed by atoms with E-state index < -0.39 is 0 Å². The zero-order chi connectivity index (χ0) is 13.7. The minimum absolute atomic E-state index is 0.690. The van der Waals surface area contributed by atoms with Crippen molar-refractivity contribution in [3.05, 3.63) is 69.7 Å². The molecule has 0 aliphatic rings. The van der Waals surface area contributed by atoms with E-state index in [1.807, 2.05) is 24.3 Å². The average molecular weight is 295 g/mol. The first kappa shape index (κ1) is 14.4. The van der Waals surface area contributed by atoms with E-state index in [9.17, 15) is 0 Å². The molecule has 2 rings (SSSR count). The summed E-state index contributed by atoms with van der Waals surface area (Å²) in [4.78, 5) is 1.48. The SMILES string of the molecule is CC[NH+](Cc1ccccc1)Cc1ccc(Cl)cc1Cl. The number of hydrogen-bond acceptors (Lipinski definition) is 0. The van der Waals surface area contributed by atoms with Crippen LogP contribution in [0.2, 0.25) is 10.0 Å².